The first-order chi connectivity index (χ1) is 9.31. The van der Waals surface area contributed by atoms with Crippen molar-refractivity contribution >= 4 is 11.1 Å². The predicted molar refractivity (Wildman–Crippen MR) is 69.5 cm³/mol. The lowest BCUT2D eigenvalue weighted by Crippen LogP contribution is -2.32. The van der Waals surface area contributed by atoms with Crippen LogP contribution in [0.3, 0.4) is 0 Å². The first-order valence-electron chi connectivity index (χ1n) is 6.68. The summed E-state index contributed by atoms with van der Waals surface area (Å²) in [4.78, 5) is 4.31. The molecule has 0 aliphatic carbocycles. The molecule has 1 aliphatic rings. The maximum absolute atomic E-state index is 13.0. The summed E-state index contributed by atoms with van der Waals surface area (Å²) in [5.74, 6) is 0.302. The number of rotatable bonds is 4. The van der Waals surface area contributed by atoms with Gasteiger partial charge in [-0.25, -0.2) is 9.37 Å². The molecule has 1 N–H and O–H groups in total. The number of benzene rings is 1. The van der Waals surface area contributed by atoms with Crippen molar-refractivity contribution in [3.63, 3.8) is 0 Å². The van der Waals surface area contributed by atoms with Crippen molar-refractivity contribution in [1.29, 1.82) is 0 Å². The van der Waals surface area contributed by atoms with Crippen LogP contribution in [0.15, 0.2) is 22.6 Å². The molecule has 4 nitrogen and oxygen atoms in total. The van der Waals surface area contributed by atoms with Crippen molar-refractivity contribution in [2.45, 2.75) is 25.4 Å². The molecule has 1 saturated heterocycles. The zero-order chi connectivity index (χ0) is 13.1. The van der Waals surface area contributed by atoms with Crippen molar-refractivity contribution in [3.8, 4) is 0 Å². The van der Waals surface area contributed by atoms with Crippen molar-refractivity contribution in [3.05, 3.63) is 29.9 Å². The van der Waals surface area contributed by atoms with Crippen LogP contribution in [0.25, 0.3) is 11.1 Å². The number of fused-ring (bicyclic) bond motifs is 1. The van der Waals surface area contributed by atoms with Gasteiger partial charge < -0.3 is 14.5 Å². The molecule has 1 fully saturated rings. The van der Waals surface area contributed by atoms with Crippen LogP contribution in [-0.4, -0.2) is 30.8 Å². The molecular formula is C14H17FN2O2. The molecule has 19 heavy (non-hydrogen) atoms. The van der Waals surface area contributed by atoms with Gasteiger partial charge in [0.15, 0.2) is 11.5 Å². The minimum atomic E-state index is -0.304. The number of nitrogens with zero attached hydrogens (tertiary/aromatic N) is 1. The molecular weight excluding hydrogens is 247 g/mol. The van der Waals surface area contributed by atoms with Gasteiger partial charge in [0.1, 0.15) is 11.3 Å². The van der Waals surface area contributed by atoms with E-state index in [0.717, 1.165) is 25.9 Å². The Morgan fingerprint density at radius 3 is 3.05 bits per heavy atom. The van der Waals surface area contributed by atoms with Gasteiger partial charge in [-0.2, -0.15) is 0 Å². The van der Waals surface area contributed by atoms with E-state index in [1.54, 1.807) is 6.07 Å². The zero-order valence-electron chi connectivity index (χ0n) is 10.7. The Kier molecular flexibility index (Phi) is 3.75. The molecule has 0 unspecified atom stereocenters. The van der Waals surface area contributed by atoms with Crippen molar-refractivity contribution < 1.29 is 13.5 Å². The molecule has 1 aliphatic heterocycles. The number of ether oxygens (including phenoxy) is 1. The minimum absolute atomic E-state index is 0.304. The Morgan fingerprint density at radius 2 is 2.21 bits per heavy atom. The molecule has 0 bridgehead atoms. The van der Waals surface area contributed by atoms with Gasteiger partial charge in [0, 0.05) is 12.5 Å². The third kappa shape index (κ3) is 3.11. The summed E-state index contributed by atoms with van der Waals surface area (Å²) in [5, 5.41) is 3.30. The van der Waals surface area contributed by atoms with Crippen molar-refractivity contribution in [1.82, 2.24) is 10.3 Å². The average molecular weight is 264 g/mol. The summed E-state index contributed by atoms with van der Waals surface area (Å²) in [6.07, 6.45) is 3.07. The molecule has 1 aromatic heterocycles. The lowest BCUT2D eigenvalue weighted by molar-refractivity contribution is 0.0328. The predicted octanol–water partition coefficient (Wildman–Crippen LogP) is 2.28. The van der Waals surface area contributed by atoms with Gasteiger partial charge in [0.25, 0.3) is 0 Å². The van der Waals surface area contributed by atoms with Crippen LogP contribution in [0, 0.1) is 5.82 Å². The van der Waals surface area contributed by atoms with Gasteiger partial charge in [-0.05, 0) is 38.1 Å². The Hall–Kier alpha value is -1.46. The highest BCUT2D eigenvalue weighted by molar-refractivity contribution is 5.72. The average Bonchev–Trinajstić information content (AvgIpc) is 2.82. The number of oxazole rings is 1. The van der Waals surface area contributed by atoms with Crippen LogP contribution >= 0.6 is 0 Å². The molecule has 3 rings (SSSR count). The van der Waals surface area contributed by atoms with E-state index in [4.69, 9.17) is 9.15 Å². The topological polar surface area (TPSA) is 47.3 Å². The lowest BCUT2D eigenvalue weighted by Gasteiger charge is -2.22. The van der Waals surface area contributed by atoms with Gasteiger partial charge >= 0.3 is 0 Å². The highest BCUT2D eigenvalue weighted by Gasteiger charge is 2.13. The Morgan fingerprint density at radius 1 is 1.37 bits per heavy atom. The van der Waals surface area contributed by atoms with Crippen LogP contribution in [0.5, 0.6) is 0 Å². The molecule has 0 amide bonds. The SMILES string of the molecule is Fc1ccc2nc(CCOC3CCNCC3)oc2c1. The zero-order valence-corrected chi connectivity index (χ0v) is 10.7. The molecule has 0 saturated carbocycles. The second kappa shape index (κ2) is 5.67. The highest BCUT2D eigenvalue weighted by Crippen LogP contribution is 2.17. The van der Waals surface area contributed by atoms with Gasteiger partial charge in [-0.3, -0.25) is 0 Å². The van der Waals surface area contributed by atoms with Crippen LogP contribution in [0.2, 0.25) is 0 Å². The van der Waals surface area contributed by atoms with E-state index in [9.17, 15) is 4.39 Å². The molecule has 5 heteroatoms. The molecule has 2 aromatic rings. The van der Waals surface area contributed by atoms with Crippen molar-refractivity contribution in [2.75, 3.05) is 19.7 Å². The minimum Gasteiger partial charge on any atom is -0.441 e. The number of hydrogen-bond acceptors (Lipinski definition) is 4. The van der Waals surface area contributed by atoms with E-state index in [2.05, 4.69) is 10.3 Å². The first kappa shape index (κ1) is 12.6. The summed E-state index contributed by atoms with van der Waals surface area (Å²) in [5.41, 5.74) is 1.19. The number of aromatic nitrogens is 1. The second-order valence-corrected chi connectivity index (χ2v) is 4.79. The van der Waals surface area contributed by atoms with Crippen LogP contribution in [0.1, 0.15) is 18.7 Å². The van der Waals surface area contributed by atoms with E-state index in [0.29, 0.717) is 36.1 Å². The van der Waals surface area contributed by atoms with Crippen LogP contribution < -0.4 is 5.32 Å². The van der Waals surface area contributed by atoms with E-state index >= 15 is 0 Å². The largest absolute Gasteiger partial charge is 0.441 e. The summed E-state index contributed by atoms with van der Waals surface area (Å²) in [6, 6.07) is 4.38. The van der Waals surface area contributed by atoms with Gasteiger partial charge in [-0.1, -0.05) is 0 Å². The molecule has 2 heterocycles. The molecule has 0 radical (unpaired) electrons. The molecule has 0 atom stereocenters. The van der Waals surface area contributed by atoms with Crippen LogP contribution in [-0.2, 0) is 11.2 Å². The quantitative estimate of drug-likeness (QED) is 0.920. The van der Waals surface area contributed by atoms with Gasteiger partial charge in [0.05, 0.1) is 12.7 Å². The number of piperidine rings is 1. The fourth-order valence-electron chi connectivity index (χ4n) is 2.33. The highest BCUT2D eigenvalue weighted by atomic mass is 19.1. The second-order valence-electron chi connectivity index (χ2n) is 4.79. The van der Waals surface area contributed by atoms with Gasteiger partial charge in [-0.15, -0.1) is 0 Å². The fourth-order valence-corrected chi connectivity index (χ4v) is 2.33. The van der Waals surface area contributed by atoms with Crippen molar-refractivity contribution in [2.24, 2.45) is 0 Å². The maximum atomic E-state index is 13.0. The Balaban J connectivity index is 1.56. The number of hydrogen-bond donors (Lipinski definition) is 1. The van der Waals surface area contributed by atoms with E-state index in [1.165, 1.54) is 12.1 Å². The van der Waals surface area contributed by atoms with E-state index in [-0.39, 0.29) is 5.82 Å². The summed E-state index contributed by atoms with van der Waals surface area (Å²) in [7, 11) is 0. The maximum Gasteiger partial charge on any atom is 0.197 e. The number of halogens is 1. The standard InChI is InChI=1S/C14H17FN2O2/c15-10-1-2-12-13(9-10)19-14(17-12)5-8-18-11-3-6-16-7-4-11/h1-2,9,11,16H,3-8H2. The Labute approximate surface area is 111 Å². The van der Waals surface area contributed by atoms with Crippen LogP contribution in [0.4, 0.5) is 4.39 Å². The fraction of sp³-hybridized carbons (Fsp3) is 0.500. The Bertz CT molecular complexity index is 549. The third-order valence-corrected chi connectivity index (χ3v) is 3.35. The monoisotopic (exact) mass is 264 g/mol. The summed E-state index contributed by atoms with van der Waals surface area (Å²) in [6.45, 7) is 2.64. The van der Waals surface area contributed by atoms with E-state index in [1.807, 2.05) is 0 Å². The normalized spacial score (nSPS) is 17.1. The van der Waals surface area contributed by atoms with E-state index < -0.39 is 0 Å². The molecule has 0 spiro atoms. The smallest absolute Gasteiger partial charge is 0.197 e. The summed E-state index contributed by atoms with van der Waals surface area (Å²) >= 11 is 0. The van der Waals surface area contributed by atoms with Gasteiger partial charge in [0.2, 0.25) is 0 Å². The lowest BCUT2D eigenvalue weighted by atomic mass is 10.1. The molecule has 1 aromatic carbocycles. The third-order valence-electron chi connectivity index (χ3n) is 3.35. The number of nitrogens with one attached hydrogen (secondary N) is 1. The molecule has 102 valence electrons. The first-order valence-corrected chi connectivity index (χ1v) is 6.68. The summed E-state index contributed by atoms with van der Waals surface area (Å²) < 4.78 is 24.3.